The summed E-state index contributed by atoms with van der Waals surface area (Å²) in [7, 11) is 0. The fourth-order valence-corrected chi connectivity index (χ4v) is 1.29. The van der Waals surface area contributed by atoms with Crippen LogP contribution in [0.15, 0.2) is 35.3 Å². The Balaban J connectivity index is 1.97. The van der Waals surface area contributed by atoms with Gasteiger partial charge in [0.15, 0.2) is 0 Å². The fourth-order valence-electron chi connectivity index (χ4n) is 1.29. The lowest BCUT2D eigenvalue weighted by Gasteiger charge is -2.03. The summed E-state index contributed by atoms with van der Waals surface area (Å²) in [5, 5.41) is 6.42. The number of hydrogen-bond donors (Lipinski definition) is 1. The van der Waals surface area contributed by atoms with E-state index < -0.39 is 0 Å². The highest BCUT2D eigenvalue weighted by Crippen LogP contribution is 2.05. The molecule has 5 heteroatoms. The zero-order valence-electron chi connectivity index (χ0n) is 8.80. The van der Waals surface area contributed by atoms with Gasteiger partial charge in [-0.15, -0.1) is 0 Å². The first-order chi connectivity index (χ1) is 7.77. The van der Waals surface area contributed by atoms with E-state index in [-0.39, 0.29) is 5.91 Å². The molecule has 2 aromatic heterocycles. The molecular weight excluding hydrogens is 206 g/mol. The molecule has 1 amide bonds. The van der Waals surface area contributed by atoms with Crippen molar-refractivity contribution in [2.24, 2.45) is 0 Å². The van der Waals surface area contributed by atoms with Crippen molar-refractivity contribution >= 4 is 5.91 Å². The van der Waals surface area contributed by atoms with Gasteiger partial charge in [-0.1, -0.05) is 5.16 Å². The number of carbonyl (C=O) groups is 1. The summed E-state index contributed by atoms with van der Waals surface area (Å²) in [4.78, 5) is 15.6. The van der Waals surface area contributed by atoms with Crippen LogP contribution in [0.25, 0.3) is 0 Å². The van der Waals surface area contributed by atoms with Crippen molar-refractivity contribution in [2.45, 2.75) is 13.5 Å². The molecule has 1 N–H and O–H groups in total. The lowest BCUT2D eigenvalue weighted by Crippen LogP contribution is -2.23. The molecule has 2 heterocycles. The zero-order chi connectivity index (χ0) is 11.4. The number of carbonyl (C=O) groups excluding carboxylic acids is 1. The maximum atomic E-state index is 11.7. The van der Waals surface area contributed by atoms with Crippen LogP contribution in [0.4, 0.5) is 0 Å². The lowest BCUT2D eigenvalue weighted by molar-refractivity contribution is 0.0949. The highest BCUT2D eigenvalue weighted by Gasteiger charge is 2.11. The van der Waals surface area contributed by atoms with Crippen LogP contribution in [0, 0.1) is 6.92 Å². The standard InChI is InChI=1S/C11H11N3O2/c1-8-10(7-16-14-8)11(15)13-6-9-2-4-12-5-3-9/h2-5,7H,6H2,1H3,(H,13,15). The van der Waals surface area contributed by atoms with Gasteiger partial charge >= 0.3 is 0 Å². The van der Waals surface area contributed by atoms with Gasteiger partial charge in [0.05, 0.1) is 5.69 Å². The minimum atomic E-state index is -0.185. The molecule has 0 fully saturated rings. The second kappa shape index (κ2) is 4.57. The number of rotatable bonds is 3. The van der Waals surface area contributed by atoms with Gasteiger partial charge < -0.3 is 9.84 Å². The average molecular weight is 217 g/mol. The maximum absolute atomic E-state index is 11.7. The SMILES string of the molecule is Cc1nocc1C(=O)NCc1ccncc1. The topological polar surface area (TPSA) is 68.0 Å². The van der Waals surface area contributed by atoms with Gasteiger partial charge in [-0.05, 0) is 24.6 Å². The summed E-state index contributed by atoms with van der Waals surface area (Å²) in [5.74, 6) is -0.185. The van der Waals surface area contributed by atoms with Crippen LogP contribution in [0.5, 0.6) is 0 Å². The van der Waals surface area contributed by atoms with Crippen LogP contribution >= 0.6 is 0 Å². The van der Waals surface area contributed by atoms with E-state index in [1.54, 1.807) is 19.3 Å². The quantitative estimate of drug-likeness (QED) is 0.841. The third-order valence-electron chi connectivity index (χ3n) is 2.20. The van der Waals surface area contributed by atoms with Gasteiger partial charge in [0.25, 0.3) is 5.91 Å². The van der Waals surface area contributed by atoms with Crippen LogP contribution in [-0.4, -0.2) is 16.0 Å². The second-order valence-corrected chi connectivity index (χ2v) is 3.35. The minimum absolute atomic E-state index is 0.185. The van der Waals surface area contributed by atoms with Crippen molar-refractivity contribution in [1.82, 2.24) is 15.5 Å². The molecule has 2 aromatic rings. The largest absolute Gasteiger partial charge is 0.364 e. The number of amides is 1. The van der Waals surface area contributed by atoms with Gasteiger partial charge in [0.1, 0.15) is 11.8 Å². The van der Waals surface area contributed by atoms with Crippen molar-refractivity contribution in [1.29, 1.82) is 0 Å². The van der Waals surface area contributed by atoms with Crippen molar-refractivity contribution in [2.75, 3.05) is 0 Å². The average Bonchev–Trinajstić information content (AvgIpc) is 2.74. The van der Waals surface area contributed by atoms with Crippen LogP contribution < -0.4 is 5.32 Å². The number of aryl methyl sites for hydroxylation is 1. The number of nitrogens with one attached hydrogen (secondary N) is 1. The monoisotopic (exact) mass is 217 g/mol. The molecule has 0 saturated heterocycles. The van der Waals surface area contributed by atoms with E-state index in [2.05, 4.69) is 15.5 Å². The highest BCUT2D eigenvalue weighted by atomic mass is 16.5. The van der Waals surface area contributed by atoms with Crippen LogP contribution in [0.1, 0.15) is 21.6 Å². The Hall–Kier alpha value is -2.17. The maximum Gasteiger partial charge on any atom is 0.256 e. The van der Waals surface area contributed by atoms with Crippen molar-refractivity contribution in [3.8, 4) is 0 Å². The van der Waals surface area contributed by atoms with E-state index in [1.807, 2.05) is 12.1 Å². The predicted molar refractivity (Wildman–Crippen MR) is 56.6 cm³/mol. The van der Waals surface area contributed by atoms with E-state index >= 15 is 0 Å². The summed E-state index contributed by atoms with van der Waals surface area (Å²) in [6.45, 7) is 2.19. The van der Waals surface area contributed by atoms with Crippen LogP contribution in [-0.2, 0) is 6.54 Å². The molecule has 0 aromatic carbocycles. The first-order valence-corrected chi connectivity index (χ1v) is 4.85. The molecule has 0 atom stereocenters. The summed E-state index contributed by atoms with van der Waals surface area (Å²) in [6.07, 6.45) is 4.72. The normalized spacial score (nSPS) is 10.1. The van der Waals surface area contributed by atoms with Gasteiger partial charge in [-0.25, -0.2) is 0 Å². The molecule has 0 spiro atoms. The molecule has 0 aliphatic heterocycles. The molecule has 0 radical (unpaired) electrons. The van der Waals surface area contributed by atoms with E-state index in [0.29, 0.717) is 17.8 Å². The first kappa shape index (κ1) is 10.4. The van der Waals surface area contributed by atoms with Gasteiger partial charge in [-0.2, -0.15) is 0 Å². The van der Waals surface area contributed by atoms with E-state index in [1.165, 1.54) is 6.26 Å². The molecule has 0 saturated carbocycles. The molecule has 0 unspecified atom stereocenters. The Kier molecular flexibility index (Phi) is 2.95. The minimum Gasteiger partial charge on any atom is -0.364 e. The summed E-state index contributed by atoms with van der Waals surface area (Å²) < 4.78 is 4.70. The van der Waals surface area contributed by atoms with Gasteiger partial charge in [0, 0.05) is 18.9 Å². The van der Waals surface area contributed by atoms with E-state index in [4.69, 9.17) is 4.52 Å². The first-order valence-electron chi connectivity index (χ1n) is 4.85. The Morgan fingerprint density at radius 3 is 2.81 bits per heavy atom. The third-order valence-corrected chi connectivity index (χ3v) is 2.20. The van der Waals surface area contributed by atoms with Crippen molar-refractivity contribution in [3.63, 3.8) is 0 Å². The van der Waals surface area contributed by atoms with Crippen LogP contribution in [0.2, 0.25) is 0 Å². The molecule has 5 nitrogen and oxygen atoms in total. The van der Waals surface area contributed by atoms with E-state index in [9.17, 15) is 4.79 Å². The Morgan fingerprint density at radius 2 is 2.19 bits per heavy atom. The zero-order valence-corrected chi connectivity index (χ0v) is 8.80. The van der Waals surface area contributed by atoms with Gasteiger partial charge in [-0.3, -0.25) is 9.78 Å². The summed E-state index contributed by atoms with van der Waals surface area (Å²) in [6, 6.07) is 3.70. The second-order valence-electron chi connectivity index (χ2n) is 3.35. The Morgan fingerprint density at radius 1 is 1.44 bits per heavy atom. The Bertz CT molecular complexity index is 479. The Labute approximate surface area is 92.5 Å². The molecule has 0 aliphatic rings. The molecule has 2 rings (SSSR count). The number of hydrogen-bond acceptors (Lipinski definition) is 4. The number of nitrogens with zero attached hydrogens (tertiary/aromatic N) is 2. The third kappa shape index (κ3) is 2.25. The highest BCUT2D eigenvalue weighted by molar-refractivity contribution is 5.94. The fraction of sp³-hybridized carbons (Fsp3) is 0.182. The molecule has 0 bridgehead atoms. The smallest absolute Gasteiger partial charge is 0.256 e. The van der Waals surface area contributed by atoms with Crippen molar-refractivity contribution < 1.29 is 9.32 Å². The van der Waals surface area contributed by atoms with E-state index in [0.717, 1.165) is 5.56 Å². The van der Waals surface area contributed by atoms with Gasteiger partial charge in [0.2, 0.25) is 0 Å². The summed E-state index contributed by atoms with van der Waals surface area (Å²) >= 11 is 0. The molecule has 0 aliphatic carbocycles. The molecule has 16 heavy (non-hydrogen) atoms. The lowest BCUT2D eigenvalue weighted by atomic mass is 10.2. The summed E-state index contributed by atoms with van der Waals surface area (Å²) in [5.41, 5.74) is 2.05. The van der Waals surface area contributed by atoms with Crippen LogP contribution in [0.3, 0.4) is 0 Å². The number of pyridine rings is 1. The molecular formula is C11H11N3O2. The number of aromatic nitrogens is 2. The predicted octanol–water partition coefficient (Wildman–Crippen LogP) is 1.31. The van der Waals surface area contributed by atoms with Crippen molar-refractivity contribution in [3.05, 3.63) is 47.6 Å². The molecule has 82 valence electrons.